The van der Waals surface area contributed by atoms with Gasteiger partial charge in [-0.05, 0) is 31.9 Å². The Balaban J connectivity index is 2.06. The number of carbonyl (C=O) groups is 1. The van der Waals surface area contributed by atoms with E-state index in [1.807, 2.05) is 0 Å². The molecule has 2 rings (SSSR count). The van der Waals surface area contributed by atoms with Gasteiger partial charge in [-0.1, -0.05) is 0 Å². The molecule has 19 heavy (non-hydrogen) atoms. The zero-order valence-corrected chi connectivity index (χ0v) is 10.3. The van der Waals surface area contributed by atoms with E-state index >= 15 is 0 Å². The summed E-state index contributed by atoms with van der Waals surface area (Å²) in [5, 5.41) is 2.38. The number of alkyl halides is 3. The first-order valence-corrected chi connectivity index (χ1v) is 5.86. The summed E-state index contributed by atoms with van der Waals surface area (Å²) in [6.07, 6.45) is -3.02. The van der Waals surface area contributed by atoms with E-state index < -0.39 is 17.7 Å². The van der Waals surface area contributed by atoms with Crippen molar-refractivity contribution in [2.75, 3.05) is 11.9 Å². The van der Waals surface area contributed by atoms with Crippen LogP contribution in [0, 0.1) is 0 Å². The Labute approximate surface area is 108 Å². The topological polar surface area (TPSA) is 51.2 Å². The minimum Gasteiger partial charge on any atom is -0.462 e. The number of ether oxygens (including phenoxy) is 1. The van der Waals surface area contributed by atoms with Crippen LogP contribution in [0.25, 0.3) is 0 Å². The maximum atomic E-state index is 12.7. The third kappa shape index (κ3) is 2.80. The first-order valence-electron chi connectivity index (χ1n) is 5.86. The van der Waals surface area contributed by atoms with Crippen molar-refractivity contribution < 1.29 is 22.7 Å². The Bertz CT molecular complexity index is 467. The molecule has 1 fully saturated rings. The molecule has 0 unspecified atom stereocenters. The fourth-order valence-corrected chi connectivity index (χ4v) is 1.65. The van der Waals surface area contributed by atoms with Gasteiger partial charge in [0.05, 0.1) is 12.2 Å². The highest BCUT2D eigenvalue weighted by molar-refractivity contribution is 5.89. The smallest absolute Gasteiger partial charge is 0.411 e. The second kappa shape index (κ2) is 4.71. The normalized spacial score (nSPS) is 16.8. The zero-order chi connectivity index (χ0) is 14.1. The molecule has 4 nitrogen and oxygen atoms in total. The monoisotopic (exact) mass is 274 g/mol. The van der Waals surface area contributed by atoms with Gasteiger partial charge >= 0.3 is 12.1 Å². The highest BCUT2D eigenvalue weighted by Crippen LogP contribution is 2.50. The SMILES string of the molecule is CCOC(=O)c1ccc(NC2(C(F)(F)F)CC2)nc1. The number of hydrogen-bond acceptors (Lipinski definition) is 4. The van der Waals surface area contributed by atoms with Gasteiger partial charge in [-0.2, -0.15) is 13.2 Å². The van der Waals surface area contributed by atoms with E-state index in [1.165, 1.54) is 18.3 Å². The summed E-state index contributed by atoms with van der Waals surface area (Å²) in [5.74, 6) is -0.443. The molecule has 0 radical (unpaired) electrons. The Morgan fingerprint density at radius 3 is 2.58 bits per heavy atom. The number of hydrogen-bond donors (Lipinski definition) is 1. The number of nitrogens with one attached hydrogen (secondary N) is 1. The second-order valence-electron chi connectivity index (χ2n) is 4.36. The first kappa shape index (κ1) is 13.6. The largest absolute Gasteiger partial charge is 0.462 e. The number of anilines is 1. The molecule has 1 saturated carbocycles. The number of pyridine rings is 1. The lowest BCUT2D eigenvalue weighted by atomic mass is 10.2. The van der Waals surface area contributed by atoms with E-state index in [2.05, 4.69) is 10.3 Å². The van der Waals surface area contributed by atoms with Crippen LogP contribution in [0.2, 0.25) is 0 Å². The van der Waals surface area contributed by atoms with Crippen LogP contribution in [0.1, 0.15) is 30.1 Å². The van der Waals surface area contributed by atoms with E-state index in [0.717, 1.165) is 0 Å². The summed E-state index contributed by atoms with van der Waals surface area (Å²) in [6, 6.07) is 2.73. The average Bonchev–Trinajstić information content (AvgIpc) is 3.10. The van der Waals surface area contributed by atoms with Crippen LogP contribution in [0.5, 0.6) is 0 Å². The number of nitrogens with zero attached hydrogens (tertiary/aromatic N) is 1. The van der Waals surface area contributed by atoms with Crippen molar-refractivity contribution in [2.24, 2.45) is 0 Å². The molecule has 0 atom stereocenters. The predicted octanol–water partition coefficient (Wildman–Crippen LogP) is 2.77. The summed E-state index contributed by atoms with van der Waals surface area (Å²) in [5.41, 5.74) is -1.64. The van der Waals surface area contributed by atoms with Crippen molar-refractivity contribution in [1.29, 1.82) is 0 Å². The predicted molar refractivity (Wildman–Crippen MR) is 61.8 cm³/mol. The van der Waals surface area contributed by atoms with Gasteiger partial charge in [-0.15, -0.1) is 0 Å². The van der Waals surface area contributed by atoms with Crippen LogP contribution >= 0.6 is 0 Å². The molecule has 0 aromatic carbocycles. The molecule has 1 heterocycles. The fraction of sp³-hybridized carbons (Fsp3) is 0.500. The lowest BCUT2D eigenvalue weighted by Crippen LogP contribution is -2.38. The van der Waals surface area contributed by atoms with Gasteiger partial charge in [-0.3, -0.25) is 0 Å². The van der Waals surface area contributed by atoms with Crippen LogP contribution < -0.4 is 5.32 Å². The van der Waals surface area contributed by atoms with E-state index in [9.17, 15) is 18.0 Å². The maximum Gasteiger partial charge on any atom is 0.411 e. The third-order valence-corrected chi connectivity index (χ3v) is 2.93. The van der Waals surface area contributed by atoms with E-state index in [4.69, 9.17) is 4.74 Å². The quantitative estimate of drug-likeness (QED) is 0.858. The fourth-order valence-electron chi connectivity index (χ4n) is 1.65. The molecule has 1 N–H and O–H groups in total. The van der Waals surface area contributed by atoms with Crippen molar-refractivity contribution in [3.63, 3.8) is 0 Å². The van der Waals surface area contributed by atoms with E-state index in [-0.39, 0.29) is 30.8 Å². The number of esters is 1. The van der Waals surface area contributed by atoms with Crippen molar-refractivity contribution in [2.45, 2.75) is 31.5 Å². The Morgan fingerprint density at radius 2 is 2.16 bits per heavy atom. The van der Waals surface area contributed by atoms with Crippen LogP contribution in [0.15, 0.2) is 18.3 Å². The zero-order valence-electron chi connectivity index (χ0n) is 10.3. The van der Waals surface area contributed by atoms with Crippen molar-refractivity contribution in [3.8, 4) is 0 Å². The lowest BCUT2D eigenvalue weighted by molar-refractivity contribution is -0.151. The van der Waals surface area contributed by atoms with E-state index in [0.29, 0.717) is 0 Å². The Morgan fingerprint density at radius 1 is 1.47 bits per heavy atom. The Kier molecular flexibility index (Phi) is 3.38. The molecule has 1 aliphatic rings. The summed E-state index contributed by atoms with van der Waals surface area (Å²) in [4.78, 5) is 15.2. The van der Waals surface area contributed by atoms with Crippen molar-refractivity contribution in [3.05, 3.63) is 23.9 Å². The highest BCUT2D eigenvalue weighted by atomic mass is 19.4. The first-order chi connectivity index (χ1) is 8.88. The Hall–Kier alpha value is -1.79. The third-order valence-electron chi connectivity index (χ3n) is 2.93. The van der Waals surface area contributed by atoms with Gasteiger partial charge in [-0.25, -0.2) is 9.78 Å². The minimum atomic E-state index is -4.30. The van der Waals surface area contributed by atoms with Crippen LogP contribution in [0.4, 0.5) is 19.0 Å². The molecule has 1 aromatic heterocycles. The van der Waals surface area contributed by atoms with Crippen molar-refractivity contribution >= 4 is 11.8 Å². The minimum absolute atomic E-state index is 0.0395. The molecule has 104 valence electrons. The van der Waals surface area contributed by atoms with Crippen LogP contribution in [0.3, 0.4) is 0 Å². The van der Waals surface area contributed by atoms with E-state index in [1.54, 1.807) is 6.92 Å². The van der Waals surface area contributed by atoms with Gasteiger partial charge in [0, 0.05) is 6.20 Å². The molecule has 7 heteroatoms. The second-order valence-corrected chi connectivity index (χ2v) is 4.36. The van der Waals surface area contributed by atoms with Crippen LogP contribution in [-0.4, -0.2) is 29.3 Å². The molecule has 0 amide bonds. The van der Waals surface area contributed by atoms with Gasteiger partial charge in [0.2, 0.25) is 0 Å². The molecule has 0 spiro atoms. The number of carbonyl (C=O) groups excluding carboxylic acids is 1. The standard InChI is InChI=1S/C12H13F3N2O2/c1-2-19-10(18)8-3-4-9(16-7-8)17-11(5-6-11)12(13,14)15/h3-4,7H,2,5-6H2,1H3,(H,16,17). The molecule has 0 bridgehead atoms. The number of halogens is 3. The molecule has 1 aromatic rings. The summed E-state index contributed by atoms with van der Waals surface area (Å²) in [7, 11) is 0. The maximum absolute atomic E-state index is 12.7. The summed E-state index contributed by atoms with van der Waals surface area (Å²) in [6.45, 7) is 1.90. The number of aromatic nitrogens is 1. The lowest BCUT2D eigenvalue weighted by Gasteiger charge is -2.21. The highest BCUT2D eigenvalue weighted by Gasteiger charge is 2.63. The van der Waals surface area contributed by atoms with Crippen molar-refractivity contribution in [1.82, 2.24) is 4.98 Å². The number of rotatable bonds is 4. The summed E-state index contributed by atoms with van der Waals surface area (Å²) < 4.78 is 42.9. The average molecular weight is 274 g/mol. The summed E-state index contributed by atoms with van der Waals surface area (Å²) >= 11 is 0. The van der Waals surface area contributed by atoms with Crippen LogP contribution in [-0.2, 0) is 4.74 Å². The van der Waals surface area contributed by atoms with Gasteiger partial charge in [0.25, 0.3) is 0 Å². The molecule has 0 aliphatic heterocycles. The molecule has 1 aliphatic carbocycles. The molecule has 0 saturated heterocycles. The van der Waals surface area contributed by atoms with Gasteiger partial charge < -0.3 is 10.1 Å². The molecular weight excluding hydrogens is 261 g/mol. The molecular formula is C12H13F3N2O2. The van der Waals surface area contributed by atoms with Gasteiger partial charge in [0.1, 0.15) is 11.4 Å². The van der Waals surface area contributed by atoms with Gasteiger partial charge in [0.15, 0.2) is 0 Å².